The molecule has 0 bridgehead atoms. The van der Waals surface area contributed by atoms with Gasteiger partial charge in [0.05, 0.1) is 38.3 Å². The minimum atomic E-state index is -1.32. The second kappa shape index (κ2) is 13.6. The highest BCUT2D eigenvalue weighted by Gasteiger charge is 2.22. The van der Waals surface area contributed by atoms with Crippen molar-refractivity contribution in [3.05, 3.63) is 17.7 Å². The van der Waals surface area contributed by atoms with Gasteiger partial charge in [0.2, 0.25) is 5.75 Å². The molecule has 0 atom stereocenters. The van der Waals surface area contributed by atoms with Crippen molar-refractivity contribution in [2.24, 2.45) is 0 Å². The first kappa shape index (κ1) is 28.1. The van der Waals surface area contributed by atoms with E-state index in [1.54, 1.807) is 6.92 Å². The summed E-state index contributed by atoms with van der Waals surface area (Å²) in [6, 6.07) is 1.88. The van der Waals surface area contributed by atoms with Crippen LogP contribution in [0.5, 0.6) is 17.2 Å². The molecule has 0 aromatic heterocycles. The van der Waals surface area contributed by atoms with Gasteiger partial charge in [-0.3, -0.25) is 29.0 Å². The van der Waals surface area contributed by atoms with E-state index in [2.05, 4.69) is 0 Å². The SMILES string of the molecule is CCCOC(=O)c1cc(O)c(O)c(OC(=O)CN(CCN(CC(=O)O)CC(=O)O)CC(=O)O)c1. The van der Waals surface area contributed by atoms with Crippen LogP contribution in [0, 0.1) is 0 Å². The molecule has 0 aliphatic rings. The fourth-order valence-corrected chi connectivity index (χ4v) is 2.69. The van der Waals surface area contributed by atoms with Crippen LogP contribution in [-0.2, 0) is 23.9 Å². The van der Waals surface area contributed by atoms with Crippen LogP contribution in [0.15, 0.2) is 12.1 Å². The summed E-state index contributed by atoms with van der Waals surface area (Å²) in [4.78, 5) is 59.3. The van der Waals surface area contributed by atoms with Gasteiger partial charge < -0.3 is 35.0 Å². The number of benzene rings is 1. The molecule has 1 aromatic rings. The molecule has 34 heavy (non-hydrogen) atoms. The highest BCUT2D eigenvalue weighted by Crippen LogP contribution is 2.36. The zero-order valence-corrected chi connectivity index (χ0v) is 18.3. The lowest BCUT2D eigenvalue weighted by Gasteiger charge is -2.24. The predicted octanol–water partition coefficient (Wildman–Crippen LogP) is -0.572. The number of aliphatic carboxylic acids is 3. The van der Waals surface area contributed by atoms with E-state index >= 15 is 0 Å². The number of hydrogen-bond donors (Lipinski definition) is 5. The summed E-state index contributed by atoms with van der Waals surface area (Å²) >= 11 is 0. The molecule has 5 N–H and O–H groups in total. The molecular formula is C20H26N2O12. The summed E-state index contributed by atoms with van der Waals surface area (Å²) in [6.45, 7) is -1.08. The van der Waals surface area contributed by atoms with Gasteiger partial charge in [0.15, 0.2) is 11.5 Å². The van der Waals surface area contributed by atoms with E-state index in [0.717, 1.165) is 21.9 Å². The fourth-order valence-electron chi connectivity index (χ4n) is 2.69. The van der Waals surface area contributed by atoms with E-state index in [1.165, 1.54) is 0 Å². The van der Waals surface area contributed by atoms with Crippen LogP contribution in [0.25, 0.3) is 0 Å². The Kier molecular flexibility index (Phi) is 11.2. The molecule has 14 nitrogen and oxygen atoms in total. The van der Waals surface area contributed by atoms with Crippen LogP contribution in [0.1, 0.15) is 23.7 Å². The van der Waals surface area contributed by atoms with Crippen LogP contribution in [-0.4, -0.2) is 111 Å². The summed E-state index contributed by atoms with van der Waals surface area (Å²) in [5.74, 6) is -7.97. The van der Waals surface area contributed by atoms with Gasteiger partial charge >= 0.3 is 29.8 Å². The first-order chi connectivity index (χ1) is 15.9. The number of phenolic OH excluding ortho intramolecular Hbond substituents is 2. The first-order valence-electron chi connectivity index (χ1n) is 9.96. The second-order valence-electron chi connectivity index (χ2n) is 7.05. The molecule has 0 heterocycles. The summed E-state index contributed by atoms with van der Waals surface area (Å²) in [7, 11) is 0. The molecule has 14 heteroatoms. The molecule has 188 valence electrons. The number of nitrogens with zero attached hydrogens (tertiary/aromatic N) is 2. The lowest BCUT2D eigenvalue weighted by molar-refractivity contribution is -0.144. The van der Waals surface area contributed by atoms with Gasteiger partial charge in [0.1, 0.15) is 0 Å². The first-order valence-corrected chi connectivity index (χ1v) is 9.96. The lowest BCUT2D eigenvalue weighted by atomic mass is 10.2. The molecule has 0 unspecified atom stereocenters. The minimum Gasteiger partial charge on any atom is -0.504 e. The number of carboxylic acid groups (broad SMARTS) is 3. The Morgan fingerprint density at radius 3 is 1.79 bits per heavy atom. The van der Waals surface area contributed by atoms with Crippen molar-refractivity contribution < 1.29 is 59.0 Å². The van der Waals surface area contributed by atoms with Crippen molar-refractivity contribution in [1.29, 1.82) is 0 Å². The Balaban J connectivity index is 2.92. The molecule has 0 fully saturated rings. The number of carboxylic acids is 3. The molecule has 0 saturated carbocycles. The Morgan fingerprint density at radius 1 is 0.824 bits per heavy atom. The molecule has 0 spiro atoms. The van der Waals surface area contributed by atoms with Crippen molar-refractivity contribution in [1.82, 2.24) is 9.80 Å². The van der Waals surface area contributed by atoms with Gasteiger partial charge in [-0.1, -0.05) is 6.92 Å². The van der Waals surface area contributed by atoms with Crippen LogP contribution < -0.4 is 4.74 Å². The van der Waals surface area contributed by atoms with Gasteiger partial charge in [-0.05, 0) is 18.6 Å². The molecular weight excluding hydrogens is 460 g/mol. The van der Waals surface area contributed by atoms with Crippen LogP contribution >= 0.6 is 0 Å². The Labute approximate surface area is 193 Å². The summed E-state index contributed by atoms with van der Waals surface area (Å²) in [6.07, 6.45) is 0.535. The molecule has 1 rings (SSSR count). The number of phenols is 2. The van der Waals surface area contributed by atoms with Gasteiger partial charge in [-0.2, -0.15) is 0 Å². The zero-order valence-electron chi connectivity index (χ0n) is 18.3. The number of rotatable bonds is 15. The average Bonchev–Trinajstić information content (AvgIpc) is 2.71. The fraction of sp³-hybridized carbons (Fsp3) is 0.450. The topological polar surface area (TPSA) is 211 Å². The van der Waals surface area contributed by atoms with Gasteiger partial charge in [0.25, 0.3) is 0 Å². The number of esters is 2. The van der Waals surface area contributed by atoms with E-state index < -0.39 is 73.3 Å². The second-order valence-corrected chi connectivity index (χ2v) is 7.05. The van der Waals surface area contributed by atoms with E-state index in [9.17, 15) is 34.2 Å². The number of carbonyl (C=O) groups is 5. The highest BCUT2D eigenvalue weighted by molar-refractivity contribution is 5.91. The van der Waals surface area contributed by atoms with Gasteiger partial charge in [-0.15, -0.1) is 0 Å². The van der Waals surface area contributed by atoms with E-state index in [4.69, 9.17) is 24.8 Å². The largest absolute Gasteiger partial charge is 0.504 e. The molecule has 0 saturated heterocycles. The minimum absolute atomic E-state index is 0.0977. The van der Waals surface area contributed by atoms with Crippen LogP contribution in [0.4, 0.5) is 0 Å². The van der Waals surface area contributed by atoms with Crippen molar-refractivity contribution in [2.75, 3.05) is 45.9 Å². The normalized spacial score (nSPS) is 10.8. The molecule has 0 aliphatic heterocycles. The standard InChI is InChI=1S/C20H26N2O12/c1-2-5-33-20(32)12-6-13(23)19(31)14(7-12)34-18(30)11-22(10-17(28)29)4-3-21(8-15(24)25)9-16(26)27/h6-7,23,31H,2-5,8-11H2,1H3,(H,24,25)(H,26,27)(H,28,29). The number of hydrogen-bond acceptors (Lipinski definition) is 11. The quantitative estimate of drug-likeness (QED) is 0.119. The van der Waals surface area contributed by atoms with Gasteiger partial charge in [-0.25, -0.2) is 4.79 Å². The summed E-state index contributed by atoms with van der Waals surface area (Å²) in [5, 5.41) is 46.6. The van der Waals surface area contributed by atoms with E-state index in [1.807, 2.05) is 0 Å². The number of ether oxygens (including phenoxy) is 2. The van der Waals surface area contributed by atoms with E-state index in [0.29, 0.717) is 6.42 Å². The highest BCUT2D eigenvalue weighted by atomic mass is 16.5. The third kappa shape index (κ3) is 10.1. The summed E-state index contributed by atoms with van der Waals surface area (Å²) in [5.41, 5.74) is -0.202. The molecule has 0 amide bonds. The lowest BCUT2D eigenvalue weighted by Crippen LogP contribution is -2.43. The van der Waals surface area contributed by atoms with E-state index in [-0.39, 0.29) is 25.3 Å². The molecule has 0 radical (unpaired) electrons. The number of aromatic hydroxyl groups is 2. The smallest absolute Gasteiger partial charge is 0.338 e. The monoisotopic (exact) mass is 486 g/mol. The van der Waals surface area contributed by atoms with Crippen LogP contribution in [0.3, 0.4) is 0 Å². The van der Waals surface area contributed by atoms with Crippen molar-refractivity contribution in [3.8, 4) is 17.2 Å². The van der Waals surface area contributed by atoms with Crippen molar-refractivity contribution in [2.45, 2.75) is 13.3 Å². The number of carbonyl (C=O) groups excluding carboxylic acids is 2. The van der Waals surface area contributed by atoms with Gasteiger partial charge in [0, 0.05) is 13.1 Å². The van der Waals surface area contributed by atoms with Crippen molar-refractivity contribution in [3.63, 3.8) is 0 Å². The summed E-state index contributed by atoms with van der Waals surface area (Å²) < 4.78 is 9.89. The maximum atomic E-state index is 12.4. The third-order valence-corrected chi connectivity index (χ3v) is 4.11. The maximum Gasteiger partial charge on any atom is 0.338 e. The predicted molar refractivity (Wildman–Crippen MR) is 112 cm³/mol. The van der Waals surface area contributed by atoms with Crippen molar-refractivity contribution >= 4 is 29.8 Å². The Bertz CT molecular complexity index is 901. The molecule has 1 aromatic carbocycles. The van der Waals surface area contributed by atoms with Crippen LogP contribution in [0.2, 0.25) is 0 Å². The Morgan fingerprint density at radius 2 is 1.32 bits per heavy atom. The zero-order chi connectivity index (χ0) is 25.8. The third-order valence-electron chi connectivity index (χ3n) is 4.11. The molecule has 0 aliphatic carbocycles. The average molecular weight is 486 g/mol. The Hall–Kier alpha value is -3.91. The maximum absolute atomic E-state index is 12.4.